The third-order valence-electron chi connectivity index (χ3n) is 12.1. The van der Waals surface area contributed by atoms with E-state index in [2.05, 4.69) is 50.8 Å². The highest BCUT2D eigenvalue weighted by atomic mass is 17.3. The number of hydrogen-bond acceptors (Lipinski definition) is 10. The van der Waals surface area contributed by atoms with E-state index in [1.165, 1.54) is 13.8 Å². The summed E-state index contributed by atoms with van der Waals surface area (Å²) in [7, 11) is 0. The highest BCUT2D eigenvalue weighted by Crippen LogP contribution is 2.27. The number of benzene rings is 1. The Balaban J connectivity index is 1.77. The molecule has 16 heteroatoms. The van der Waals surface area contributed by atoms with Gasteiger partial charge in [0.1, 0.15) is 30.2 Å². The van der Waals surface area contributed by atoms with Crippen molar-refractivity contribution >= 4 is 35.4 Å². The van der Waals surface area contributed by atoms with E-state index < -0.39 is 65.8 Å². The van der Waals surface area contributed by atoms with Crippen molar-refractivity contribution in [1.29, 1.82) is 0 Å². The number of aliphatic hydroxyl groups is 1. The Morgan fingerprint density at radius 1 is 0.683 bits per heavy atom. The normalized spacial score (nSPS) is 17.9. The molecule has 2 saturated carbocycles. The first-order chi connectivity index (χ1) is 30.2. The topological polar surface area (TPSA) is 217 Å². The molecular weight excluding hydrogens is 807 g/mol. The third kappa shape index (κ3) is 20.5. The molecule has 63 heavy (non-hydrogen) atoms. The lowest BCUT2D eigenvalue weighted by Crippen LogP contribution is -2.60. The van der Waals surface area contributed by atoms with E-state index in [4.69, 9.17) is 9.88 Å². The molecule has 16 nitrogen and oxygen atoms in total. The zero-order valence-corrected chi connectivity index (χ0v) is 38.9. The maximum Gasteiger partial charge on any atom is 0.271 e. The standard InChI is InChI=1S/C47H79N7O9/c1-7-54(8-2)28-20-19-27-38(44(58)52-42(34(6)55)47(61)53-63-62-37-25-17-9-10-18-26-37)50-46(60)40(31-36-23-15-12-16-24-36)51-43(57)33(5)48-45(59)39(49-41(56)29-32(3)4)30-35-21-13-11-14-22-35/h11,13-14,21-22,32-34,36-40,42,55H,7-10,12,15-20,23-31H2,1-6H3,(H,48,59)(H,49,56)(H,50,60)(H,51,57)(H,52,58)(H,53,61)/t33-,34+,38-,39?,40?,42?/m0/s1. The quantitative estimate of drug-likeness (QED) is 0.0288. The van der Waals surface area contributed by atoms with Gasteiger partial charge in [-0.15, -0.1) is 4.99 Å². The van der Waals surface area contributed by atoms with Crippen molar-refractivity contribution < 1.29 is 43.7 Å². The Bertz CT molecular complexity index is 1530. The number of hydroxylamine groups is 1. The molecule has 0 bridgehead atoms. The van der Waals surface area contributed by atoms with E-state index in [1.54, 1.807) is 0 Å². The molecule has 3 rings (SSSR count). The zero-order chi connectivity index (χ0) is 46.1. The van der Waals surface area contributed by atoms with Crippen LogP contribution in [0.4, 0.5) is 0 Å². The fourth-order valence-electron chi connectivity index (χ4n) is 8.31. The Morgan fingerprint density at radius 3 is 1.89 bits per heavy atom. The Hall–Kier alpha value is -4.12. The lowest BCUT2D eigenvalue weighted by Gasteiger charge is -2.30. The number of unbranched alkanes of at least 4 members (excludes halogenated alkanes) is 1. The molecule has 1 aromatic carbocycles. The smallest absolute Gasteiger partial charge is 0.271 e. The second-order valence-corrected chi connectivity index (χ2v) is 18.0. The van der Waals surface area contributed by atoms with Crippen LogP contribution in [0.1, 0.15) is 150 Å². The van der Waals surface area contributed by atoms with Crippen molar-refractivity contribution in [2.24, 2.45) is 11.8 Å². The van der Waals surface area contributed by atoms with Crippen LogP contribution in [-0.4, -0.2) is 108 Å². The van der Waals surface area contributed by atoms with E-state index in [1.807, 2.05) is 44.2 Å². The Labute approximate surface area is 375 Å². The van der Waals surface area contributed by atoms with Crippen molar-refractivity contribution in [1.82, 2.24) is 37.0 Å². The number of hydrogen-bond donors (Lipinski definition) is 7. The molecule has 0 radical (unpaired) electrons. The highest BCUT2D eigenvalue weighted by molar-refractivity contribution is 5.96. The summed E-state index contributed by atoms with van der Waals surface area (Å²) < 4.78 is 0. The molecular formula is C47H79N7O9. The van der Waals surface area contributed by atoms with E-state index in [0.717, 1.165) is 102 Å². The van der Waals surface area contributed by atoms with Crippen LogP contribution >= 0.6 is 0 Å². The van der Waals surface area contributed by atoms with Crippen molar-refractivity contribution in [2.45, 2.75) is 193 Å². The maximum absolute atomic E-state index is 14.3. The number of carbonyl (C=O) groups is 6. The third-order valence-corrected chi connectivity index (χ3v) is 12.1. The van der Waals surface area contributed by atoms with Gasteiger partial charge in [0.15, 0.2) is 0 Å². The van der Waals surface area contributed by atoms with Gasteiger partial charge in [-0.25, -0.2) is 10.4 Å². The molecule has 3 unspecified atom stereocenters. The molecule has 2 aliphatic rings. The van der Waals surface area contributed by atoms with Gasteiger partial charge in [-0.2, -0.15) is 0 Å². The van der Waals surface area contributed by atoms with Gasteiger partial charge in [-0.3, -0.25) is 28.8 Å². The second kappa shape index (κ2) is 29.3. The molecule has 0 saturated heterocycles. The summed E-state index contributed by atoms with van der Waals surface area (Å²) in [6.45, 7) is 13.4. The molecule has 0 spiro atoms. The van der Waals surface area contributed by atoms with E-state index in [9.17, 15) is 33.9 Å². The molecule has 1 aromatic rings. The number of amides is 6. The Kier molecular flexibility index (Phi) is 24.8. The predicted molar refractivity (Wildman–Crippen MR) is 241 cm³/mol. The minimum absolute atomic E-state index is 0.0785. The summed E-state index contributed by atoms with van der Waals surface area (Å²) >= 11 is 0. The largest absolute Gasteiger partial charge is 0.391 e. The monoisotopic (exact) mass is 886 g/mol. The minimum Gasteiger partial charge on any atom is -0.391 e. The fraction of sp³-hybridized carbons (Fsp3) is 0.745. The SMILES string of the molecule is CCN(CC)CCCC[C@H](NC(=O)C(CC1CCCCC1)NC(=O)[C@H](C)NC(=O)C(Cc1ccccc1)NC(=O)CC(C)C)C(=O)NC(C(=O)NOOC1CCCCCC1)[C@@H](C)O. The van der Waals surface area contributed by atoms with Crippen LogP contribution in [0.3, 0.4) is 0 Å². The maximum atomic E-state index is 14.3. The summed E-state index contributed by atoms with van der Waals surface area (Å²) in [4.78, 5) is 94.7. The summed E-state index contributed by atoms with van der Waals surface area (Å²) in [5.74, 6) is -3.24. The number of nitrogens with zero attached hydrogens (tertiary/aromatic N) is 1. The number of nitrogens with one attached hydrogen (secondary N) is 6. The summed E-state index contributed by atoms with van der Waals surface area (Å²) in [6.07, 6.45) is 11.5. The average molecular weight is 886 g/mol. The molecule has 2 aliphatic carbocycles. The molecule has 356 valence electrons. The molecule has 2 fully saturated rings. The van der Waals surface area contributed by atoms with Crippen molar-refractivity contribution in [3.63, 3.8) is 0 Å². The molecule has 0 aliphatic heterocycles. The molecule has 0 heterocycles. The summed E-state index contributed by atoms with van der Waals surface area (Å²) in [6, 6.07) is 3.70. The van der Waals surface area contributed by atoms with Gasteiger partial charge < -0.3 is 36.6 Å². The van der Waals surface area contributed by atoms with Crippen LogP contribution in [0.2, 0.25) is 0 Å². The number of aliphatic hydroxyl groups excluding tert-OH is 1. The first-order valence-electron chi connectivity index (χ1n) is 23.8. The van der Waals surface area contributed by atoms with Gasteiger partial charge in [0, 0.05) is 12.8 Å². The van der Waals surface area contributed by atoms with Gasteiger partial charge in [0.05, 0.1) is 12.2 Å². The lowest BCUT2D eigenvalue weighted by molar-refractivity contribution is -0.356. The van der Waals surface area contributed by atoms with Crippen LogP contribution < -0.4 is 32.1 Å². The number of rotatable bonds is 27. The van der Waals surface area contributed by atoms with E-state index >= 15 is 0 Å². The van der Waals surface area contributed by atoms with Gasteiger partial charge >= 0.3 is 0 Å². The van der Waals surface area contributed by atoms with Crippen LogP contribution in [0, 0.1) is 11.8 Å². The van der Waals surface area contributed by atoms with E-state index in [0.29, 0.717) is 12.8 Å². The second-order valence-electron chi connectivity index (χ2n) is 18.0. The minimum atomic E-state index is -1.42. The van der Waals surface area contributed by atoms with Gasteiger partial charge in [-0.05, 0) is 89.4 Å². The van der Waals surface area contributed by atoms with Crippen LogP contribution in [0.25, 0.3) is 0 Å². The summed E-state index contributed by atoms with van der Waals surface area (Å²) in [5.41, 5.74) is 3.05. The number of carbonyl (C=O) groups excluding carboxylic acids is 6. The van der Waals surface area contributed by atoms with Gasteiger partial charge in [0.25, 0.3) is 5.91 Å². The molecule has 0 aromatic heterocycles. The average Bonchev–Trinajstić information content (AvgIpc) is 3.53. The highest BCUT2D eigenvalue weighted by Gasteiger charge is 2.34. The van der Waals surface area contributed by atoms with Crippen molar-refractivity contribution in [3.05, 3.63) is 35.9 Å². The molecule has 6 amide bonds. The Morgan fingerprint density at radius 2 is 1.27 bits per heavy atom. The fourth-order valence-corrected chi connectivity index (χ4v) is 8.31. The first-order valence-corrected chi connectivity index (χ1v) is 23.8. The lowest BCUT2D eigenvalue weighted by atomic mass is 9.84. The van der Waals surface area contributed by atoms with Gasteiger partial charge in [0.2, 0.25) is 29.5 Å². The van der Waals surface area contributed by atoms with Crippen LogP contribution in [0.15, 0.2) is 30.3 Å². The van der Waals surface area contributed by atoms with Crippen molar-refractivity contribution in [3.8, 4) is 0 Å². The van der Waals surface area contributed by atoms with Gasteiger partial charge in [-0.1, -0.05) is 116 Å². The first kappa shape index (κ1) is 53.2. The zero-order valence-electron chi connectivity index (χ0n) is 38.9. The van der Waals surface area contributed by atoms with Crippen molar-refractivity contribution in [2.75, 3.05) is 19.6 Å². The predicted octanol–water partition coefficient (Wildman–Crippen LogP) is 4.28. The van der Waals surface area contributed by atoms with E-state index in [-0.39, 0.29) is 43.1 Å². The summed E-state index contributed by atoms with van der Waals surface area (Å²) in [5, 5.41) is 24.6. The van der Waals surface area contributed by atoms with Crippen LogP contribution in [0.5, 0.6) is 0 Å². The molecule has 6 atom stereocenters. The molecule has 7 N–H and O–H groups in total. The van der Waals surface area contributed by atoms with Crippen LogP contribution in [-0.2, 0) is 45.1 Å².